The number of nitrogens with two attached hydrogens (primary N) is 1. The highest BCUT2D eigenvalue weighted by Gasteiger charge is 2.26. The Morgan fingerprint density at radius 3 is 2.68 bits per heavy atom. The maximum Gasteiger partial charge on any atom is 0.241 e. The van der Waals surface area contributed by atoms with Gasteiger partial charge in [0.25, 0.3) is 0 Å². The van der Waals surface area contributed by atoms with Crippen molar-refractivity contribution in [1.82, 2.24) is 20.6 Å². The molecule has 0 spiro atoms. The van der Waals surface area contributed by atoms with Gasteiger partial charge in [-0.1, -0.05) is 0 Å². The first-order valence-electron chi connectivity index (χ1n) is 7.22. The molecule has 1 aromatic carbocycles. The molecule has 2 heterocycles. The van der Waals surface area contributed by atoms with Crippen LogP contribution < -0.4 is 11.1 Å². The molecule has 1 unspecified atom stereocenters. The summed E-state index contributed by atoms with van der Waals surface area (Å²) in [6, 6.07) is 6.71. The van der Waals surface area contributed by atoms with E-state index in [0.29, 0.717) is 24.7 Å². The van der Waals surface area contributed by atoms with Gasteiger partial charge in [0.2, 0.25) is 11.7 Å². The Hall–Kier alpha value is -2.32. The number of hydrogen-bond donors (Lipinski definition) is 3. The van der Waals surface area contributed by atoms with Gasteiger partial charge in [-0.15, -0.1) is 10.2 Å². The van der Waals surface area contributed by atoms with Gasteiger partial charge in [-0.25, -0.2) is 0 Å². The largest absolute Gasteiger partial charge is 0.381 e. The zero-order valence-corrected chi connectivity index (χ0v) is 12.0. The number of nitrogens with one attached hydrogen (secondary N) is 2. The van der Waals surface area contributed by atoms with Crippen molar-refractivity contribution < 1.29 is 9.53 Å². The van der Waals surface area contributed by atoms with Crippen molar-refractivity contribution in [3.63, 3.8) is 0 Å². The van der Waals surface area contributed by atoms with E-state index in [1.807, 2.05) is 12.1 Å². The first-order chi connectivity index (χ1) is 10.7. The molecule has 1 atom stereocenters. The molecule has 3 rings (SSSR count). The number of nitrogens with zero attached hydrogens (tertiary/aromatic N) is 3. The molecule has 8 heteroatoms. The highest BCUT2D eigenvalue weighted by Crippen LogP contribution is 2.20. The standard InChI is InChI=1S/C14H18N6O2/c15-12(9-5-7-22-8-6-9)14(21)16-11-3-1-10(2-4-11)13-17-19-20-18-13/h1-4,9,12H,5-8,15H2,(H,16,21)(H,17,18,19,20). The molecule has 0 aliphatic carbocycles. The minimum atomic E-state index is -0.513. The maximum atomic E-state index is 12.2. The lowest BCUT2D eigenvalue weighted by Crippen LogP contribution is -2.43. The number of benzene rings is 1. The predicted molar refractivity (Wildman–Crippen MR) is 79.8 cm³/mol. The topological polar surface area (TPSA) is 119 Å². The van der Waals surface area contributed by atoms with Crippen molar-refractivity contribution in [2.75, 3.05) is 18.5 Å². The van der Waals surface area contributed by atoms with Crippen molar-refractivity contribution in [2.24, 2.45) is 11.7 Å². The number of ether oxygens (including phenoxy) is 1. The van der Waals surface area contributed by atoms with E-state index in [0.717, 1.165) is 18.4 Å². The quantitative estimate of drug-likeness (QED) is 0.759. The molecule has 1 aliphatic heterocycles. The van der Waals surface area contributed by atoms with E-state index < -0.39 is 6.04 Å². The van der Waals surface area contributed by atoms with Crippen LogP contribution in [0.5, 0.6) is 0 Å². The number of anilines is 1. The summed E-state index contributed by atoms with van der Waals surface area (Å²) in [5.41, 5.74) is 7.56. The molecule has 0 saturated carbocycles. The van der Waals surface area contributed by atoms with Crippen LogP contribution in [0, 0.1) is 5.92 Å². The molecule has 22 heavy (non-hydrogen) atoms. The van der Waals surface area contributed by atoms with Gasteiger partial charge in [0, 0.05) is 24.5 Å². The van der Waals surface area contributed by atoms with Gasteiger partial charge >= 0.3 is 0 Å². The van der Waals surface area contributed by atoms with Crippen molar-refractivity contribution in [3.8, 4) is 11.4 Å². The summed E-state index contributed by atoms with van der Waals surface area (Å²) in [6.45, 7) is 1.34. The Bertz CT molecular complexity index is 607. The average molecular weight is 302 g/mol. The molecule has 0 radical (unpaired) electrons. The summed E-state index contributed by atoms with van der Waals surface area (Å²) in [5.74, 6) is 0.517. The second-order valence-corrected chi connectivity index (χ2v) is 5.28. The highest BCUT2D eigenvalue weighted by atomic mass is 16.5. The summed E-state index contributed by atoms with van der Waals surface area (Å²) in [6.07, 6.45) is 1.65. The molecule has 1 fully saturated rings. The van der Waals surface area contributed by atoms with E-state index in [9.17, 15) is 4.79 Å². The third kappa shape index (κ3) is 3.29. The number of aromatic amines is 1. The number of carbonyl (C=O) groups is 1. The van der Waals surface area contributed by atoms with Crippen molar-refractivity contribution >= 4 is 11.6 Å². The summed E-state index contributed by atoms with van der Waals surface area (Å²) < 4.78 is 5.29. The lowest BCUT2D eigenvalue weighted by atomic mass is 9.92. The molecular weight excluding hydrogens is 284 g/mol. The molecule has 116 valence electrons. The Morgan fingerprint density at radius 1 is 1.32 bits per heavy atom. The number of hydrogen-bond acceptors (Lipinski definition) is 6. The Kier molecular flexibility index (Phi) is 4.40. The van der Waals surface area contributed by atoms with Crippen LogP contribution in [0.1, 0.15) is 12.8 Å². The Morgan fingerprint density at radius 2 is 2.05 bits per heavy atom. The van der Waals surface area contributed by atoms with Crippen LogP contribution in [-0.2, 0) is 9.53 Å². The van der Waals surface area contributed by atoms with Crippen LogP contribution in [0.15, 0.2) is 24.3 Å². The Labute approximate surface area is 127 Å². The number of carbonyl (C=O) groups excluding carboxylic acids is 1. The van der Waals surface area contributed by atoms with Crippen molar-refractivity contribution in [3.05, 3.63) is 24.3 Å². The molecule has 0 bridgehead atoms. The normalized spacial score (nSPS) is 17.1. The van der Waals surface area contributed by atoms with Gasteiger partial charge in [-0.05, 0) is 48.2 Å². The highest BCUT2D eigenvalue weighted by molar-refractivity contribution is 5.95. The van der Waals surface area contributed by atoms with Crippen LogP contribution >= 0.6 is 0 Å². The predicted octanol–water partition coefficient (Wildman–Crippen LogP) is 0.559. The van der Waals surface area contributed by atoms with Gasteiger partial charge in [-0.2, -0.15) is 5.21 Å². The van der Waals surface area contributed by atoms with Gasteiger partial charge in [-0.3, -0.25) is 4.79 Å². The van der Waals surface area contributed by atoms with Crippen LogP contribution in [0.25, 0.3) is 11.4 Å². The van der Waals surface area contributed by atoms with E-state index in [-0.39, 0.29) is 11.8 Å². The molecule has 1 saturated heterocycles. The molecule has 1 aliphatic rings. The van der Waals surface area contributed by atoms with Crippen LogP contribution in [0.3, 0.4) is 0 Å². The van der Waals surface area contributed by atoms with Gasteiger partial charge < -0.3 is 15.8 Å². The number of H-pyrrole nitrogens is 1. The second kappa shape index (κ2) is 6.63. The smallest absolute Gasteiger partial charge is 0.241 e. The summed E-state index contributed by atoms with van der Waals surface area (Å²) in [5, 5.41) is 16.6. The molecule has 2 aromatic rings. The van der Waals surface area contributed by atoms with Crippen LogP contribution in [0.2, 0.25) is 0 Å². The second-order valence-electron chi connectivity index (χ2n) is 5.28. The fourth-order valence-corrected chi connectivity index (χ4v) is 2.50. The molecular formula is C14H18N6O2. The van der Waals surface area contributed by atoms with Crippen LogP contribution in [-0.4, -0.2) is 45.8 Å². The van der Waals surface area contributed by atoms with E-state index in [2.05, 4.69) is 25.9 Å². The number of aromatic nitrogens is 4. The van der Waals surface area contributed by atoms with Crippen molar-refractivity contribution in [2.45, 2.75) is 18.9 Å². The van der Waals surface area contributed by atoms with E-state index in [1.165, 1.54) is 0 Å². The number of rotatable bonds is 4. The first-order valence-corrected chi connectivity index (χ1v) is 7.22. The summed E-state index contributed by atoms with van der Waals surface area (Å²) >= 11 is 0. The molecule has 8 nitrogen and oxygen atoms in total. The van der Waals surface area contributed by atoms with E-state index in [1.54, 1.807) is 12.1 Å². The molecule has 4 N–H and O–H groups in total. The summed E-state index contributed by atoms with van der Waals surface area (Å²) in [7, 11) is 0. The third-order valence-electron chi connectivity index (χ3n) is 3.83. The third-order valence-corrected chi connectivity index (χ3v) is 3.83. The first kappa shape index (κ1) is 14.6. The van der Waals surface area contributed by atoms with E-state index >= 15 is 0 Å². The zero-order valence-electron chi connectivity index (χ0n) is 12.0. The lowest BCUT2D eigenvalue weighted by Gasteiger charge is -2.26. The maximum absolute atomic E-state index is 12.2. The molecule has 1 amide bonds. The van der Waals surface area contributed by atoms with Gasteiger partial charge in [0.15, 0.2) is 0 Å². The molecule has 1 aromatic heterocycles. The summed E-state index contributed by atoms with van der Waals surface area (Å²) in [4.78, 5) is 12.2. The zero-order chi connectivity index (χ0) is 15.4. The Balaban J connectivity index is 1.61. The number of amides is 1. The SMILES string of the molecule is NC(C(=O)Nc1ccc(-c2nn[nH]n2)cc1)C1CCOCC1. The fraction of sp³-hybridized carbons (Fsp3) is 0.429. The monoisotopic (exact) mass is 302 g/mol. The van der Waals surface area contributed by atoms with Crippen LogP contribution in [0.4, 0.5) is 5.69 Å². The van der Waals surface area contributed by atoms with Gasteiger partial charge in [0.1, 0.15) is 0 Å². The van der Waals surface area contributed by atoms with Crippen molar-refractivity contribution in [1.29, 1.82) is 0 Å². The minimum Gasteiger partial charge on any atom is -0.381 e. The fourth-order valence-electron chi connectivity index (χ4n) is 2.50. The average Bonchev–Trinajstić information content (AvgIpc) is 3.10. The van der Waals surface area contributed by atoms with E-state index in [4.69, 9.17) is 10.5 Å². The van der Waals surface area contributed by atoms with Gasteiger partial charge in [0.05, 0.1) is 6.04 Å². The number of tetrazole rings is 1. The lowest BCUT2D eigenvalue weighted by molar-refractivity contribution is -0.119. The minimum absolute atomic E-state index is 0.167.